The van der Waals surface area contributed by atoms with Gasteiger partial charge in [-0.25, -0.2) is 0 Å². The van der Waals surface area contributed by atoms with Gasteiger partial charge in [0.15, 0.2) is 0 Å². The van der Waals surface area contributed by atoms with E-state index in [0.29, 0.717) is 51.2 Å². The average molecular weight is 494 g/mol. The minimum atomic E-state index is -0.971. The van der Waals surface area contributed by atoms with Crippen LogP contribution in [0.4, 0.5) is 5.69 Å². The number of aromatic amines is 1. The molecule has 0 saturated carbocycles. The maximum atomic E-state index is 14.3. The number of aromatic nitrogens is 1. The van der Waals surface area contributed by atoms with Gasteiger partial charge in [-0.05, 0) is 38.3 Å². The van der Waals surface area contributed by atoms with Crippen molar-refractivity contribution in [3.63, 3.8) is 0 Å². The van der Waals surface area contributed by atoms with Crippen molar-refractivity contribution in [2.24, 2.45) is 5.92 Å². The molecule has 0 radical (unpaired) electrons. The molecule has 2 bridgehead atoms. The van der Waals surface area contributed by atoms with E-state index in [2.05, 4.69) is 15.4 Å². The lowest BCUT2D eigenvalue weighted by molar-refractivity contribution is -0.139. The summed E-state index contributed by atoms with van der Waals surface area (Å²) in [5.41, 5.74) is 0.458. The van der Waals surface area contributed by atoms with Crippen LogP contribution in [0.1, 0.15) is 43.4 Å². The highest BCUT2D eigenvalue weighted by Crippen LogP contribution is 2.56. The standard InChI is InChI=1S/C26H31N5O5/c32-22-16-18(36-28-22)8-9-23(33)29-11-4-10-27-24(34)20-15-17-5-3-12-31(17)26(20)19-6-1-2-7-21(19)30(14-13-29)25(26)35/h1-2,6-7,16-17,20H,3-5,8-15H2,(H,27,34)(H,28,32)/t17-,20-,26+/m0/s1. The van der Waals surface area contributed by atoms with E-state index in [1.807, 2.05) is 24.3 Å². The predicted molar refractivity (Wildman–Crippen MR) is 130 cm³/mol. The number of aryl methyl sites for hydroxylation is 1. The summed E-state index contributed by atoms with van der Waals surface area (Å²) in [6.07, 6.45) is 3.87. The van der Waals surface area contributed by atoms with Crippen molar-refractivity contribution in [2.45, 2.75) is 50.1 Å². The summed E-state index contributed by atoms with van der Waals surface area (Å²) in [5.74, 6) is -0.177. The lowest BCUT2D eigenvalue weighted by atomic mass is 9.78. The van der Waals surface area contributed by atoms with Crippen LogP contribution in [0, 0.1) is 5.92 Å². The smallest absolute Gasteiger partial charge is 0.280 e. The van der Waals surface area contributed by atoms with Gasteiger partial charge < -0.3 is 19.6 Å². The van der Waals surface area contributed by atoms with Crippen molar-refractivity contribution < 1.29 is 18.9 Å². The maximum Gasteiger partial charge on any atom is 0.280 e. The first kappa shape index (κ1) is 23.0. The SMILES string of the molecule is O=C1NCCCN(C(=O)CCc2cc(=O)[nH]o2)CCN2C(=O)[C@@]3(c4ccccc42)[C@H]1C[C@@H]1CCCN13. The van der Waals surface area contributed by atoms with Crippen LogP contribution in [0.25, 0.3) is 0 Å². The second kappa shape index (κ2) is 8.92. The maximum absolute atomic E-state index is 14.3. The molecule has 10 heteroatoms. The van der Waals surface area contributed by atoms with E-state index in [9.17, 15) is 19.2 Å². The number of amides is 3. The zero-order valence-corrected chi connectivity index (χ0v) is 20.2. The summed E-state index contributed by atoms with van der Waals surface area (Å²) in [6, 6.07) is 9.41. The summed E-state index contributed by atoms with van der Waals surface area (Å²) in [5, 5.41) is 5.33. The van der Waals surface area contributed by atoms with E-state index in [-0.39, 0.29) is 35.7 Å². The van der Waals surface area contributed by atoms with Crippen LogP contribution in [0.3, 0.4) is 0 Å². The Morgan fingerprint density at radius 2 is 1.94 bits per heavy atom. The lowest BCUT2D eigenvalue weighted by Crippen LogP contribution is -2.57. The van der Waals surface area contributed by atoms with Crippen LogP contribution in [-0.2, 0) is 26.3 Å². The molecule has 3 fully saturated rings. The monoisotopic (exact) mass is 493 g/mol. The second-order valence-electron chi connectivity index (χ2n) is 10.2. The molecular formula is C26H31N5O5. The number of hydrogen-bond acceptors (Lipinski definition) is 6. The van der Waals surface area contributed by atoms with Crippen LogP contribution in [0.15, 0.2) is 39.6 Å². The molecule has 36 heavy (non-hydrogen) atoms. The molecule has 3 atom stereocenters. The third kappa shape index (κ3) is 3.49. The Bertz CT molecular complexity index is 1250. The summed E-state index contributed by atoms with van der Waals surface area (Å²) in [7, 11) is 0. The van der Waals surface area contributed by atoms with E-state index >= 15 is 0 Å². The first-order valence-corrected chi connectivity index (χ1v) is 12.9. The first-order valence-electron chi connectivity index (χ1n) is 12.9. The highest BCUT2D eigenvalue weighted by atomic mass is 16.5. The molecule has 6 rings (SSSR count). The third-order valence-electron chi connectivity index (χ3n) is 8.35. The number of rotatable bonds is 3. The molecule has 10 nitrogen and oxygen atoms in total. The Labute approximate surface area is 208 Å². The van der Waals surface area contributed by atoms with Gasteiger partial charge in [-0.1, -0.05) is 18.2 Å². The Morgan fingerprint density at radius 1 is 1.08 bits per heavy atom. The zero-order valence-electron chi connectivity index (χ0n) is 20.2. The van der Waals surface area contributed by atoms with Gasteiger partial charge in [0, 0.05) is 62.4 Å². The largest absolute Gasteiger partial charge is 0.384 e. The van der Waals surface area contributed by atoms with Gasteiger partial charge in [-0.15, -0.1) is 0 Å². The summed E-state index contributed by atoms with van der Waals surface area (Å²) < 4.78 is 5.08. The number of nitrogens with one attached hydrogen (secondary N) is 2. The molecular weight excluding hydrogens is 462 g/mol. The first-order chi connectivity index (χ1) is 17.5. The van der Waals surface area contributed by atoms with E-state index < -0.39 is 11.5 Å². The number of benzene rings is 1. The van der Waals surface area contributed by atoms with E-state index in [1.54, 1.807) is 9.80 Å². The molecule has 5 heterocycles. The van der Waals surface area contributed by atoms with Gasteiger partial charge in [0.1, 0.15) is 11.3 Å². The number of para-hydroxylation sites is 1. The van der Waals surface area contributed by atoms with E-state index in [0.717, 1.165) is 30.6 Å². The number of carbonyl (C=O) groups excluding carboxylic acids is 3. The highest BCUT2D eigenvalue weighted by Gasteiger charge is 2.67. The van der Waals surface area contributed by atoms with Crippen molar-refractivity contribution in [1.29, 1.82) is 0 Å². The number of hydrogen-bond donors (Lipinski definition) is 2. The molecule has 1 aromatic carbocycles. The molecule has 4 aliphatic rings. The Balaban J connectivity index is 1.30. The quantitative estimate of drug-likeness (QED) is 0.658. The lowest BCUT2D eigenvalue weighted by Gasteiger charge is -2.38. The number of nitrogens with zero attached hydrogens (tertiary/aromatic N) is 3. The van der Waals surface area contributed by atoms with Crippen LogP contribution >= 0.6 is 0 Å². The minimum Gasteiger partial charge on any atom is -0.384 e. The molecule has 190 valence electrons. The van der Waals surface area contributed by atoms with Gasteiger partial charge in [-0.2, -0.15) is 5.16 Å². The van der Waals surface area contributed by atoms with Crippen molar-refractivity contribution in [2.75, 3.05) is 37.6 Å². The van der Waals surface area contributed by atoms with E-state index in [4.69, 9.17) is 4.52 Å². The molecule has 0 aliphatic carbocycles. The fourth-order valence-electron chi connectivity index (χ4n) is 6.80. The van der Waals surface area contributed by atoms with Gasteiger partial charge in [-0.3, -0.25) is 24.1 Å². The molecule has 3 amide bonds. The van der Waals surface area contributed by atoms with Crippen molar-refractivity contribution in [1.82, 2.24) is 20.3 Å². The van der Waals surface area contributed by atoms with Crippen LogP contribution in [-0.4, -0.2) is 71.4 Å². The molecule has 1 spiro atoms. The van der Waals surface area contributed by atoms with Gasteiger partial charge in [0.2, 0.25) is 11.8 Å². The Kier molecular flexibility index (Phi) is 5.70. The minimum absolute atomic E-state index is 0.0460. The topological polar surface area (TPSA) is 119 Å². The zero-order chi connectivity index (χ0) is 24.9. The fraction of sp³-hybridized carbons (Fsp3) is 0.538. The molecule has 3 saturated heterocycles. The summed E-state index contributed by atoms with van der Waals surface area (Å²) >= 11 is 0. The van der Waals surface area contributed by atoms with Crippen LogP contribution in [0.5, 0.6) is 0 Å². The second-order valence-corrected chi connectivity index (χ2v) is 10.2. The van der Waals surface area contributed by atoms with Gasteiger partial charge >= 0.3 is 0 Å². The molecule has 2 N–H and O–H groups in total. The Hall–Kier alpha value is -3.40. The summed E-state index contributed by atoms with van der Waals surface area (Å²) in [6.45, 7) is 2.50. The van der Waals surface area contributed by atoms with Gasteiger partial charge in [0.05, 0.1) is 5.92 Å². The van der Waals surface area contributed by atoms with Gasteiger partial charge in [0.25, 0.3) is 11.5 Å². The summed E-state index contributed by atoms with van der Waals surface area (Å²) in [4.78, 5) is 58.1. The van der Waals surface area contributed by atoms with Crippen molar-refractivity contribution in [3.05, 3.63) is 52.0 Å². The van der Waals surface area contributed by atoms with Crippen molar-refractivity contribution in [3.8, 4) is 0 Å². The fourth-order valence-corrected chi connectivity index (χ4v) is 6.80. The number of anilines is 1. The van der Waals surface area contributed by atoms with Crippen LogP contribution in [0.2, 0.25) is 0 Å². The number of H-pyrrole nitrogens is 1. The third-order valence-corrected chi connectivity index (χ3v) is 8.35. The Morgan fingerprint density at radius 3 is 2.78 bits per heavy atom. The molecule has 4 aliphatic heterocycles. The molecule has 2 aromatic rings. The normalized spacial score (nSPS) is 28.2. The number of carbonyl (C=O) groups is 3. The van der Waals surface area contributed by atoms with E-state index in [1.165, 1.54) is 6.07 Å². The van der Waals surface area contributed by atoms with Crippen LogP contribution < -0.4 is 15.8 Å². The highest BCUT2D eigenvalue weighted by molar-refractivity contribution is 6.11. The average Bonchev–Trinajstić information content (AvgIpc) is 3.62. The predicted octanol–water partition coefficient (Wildman–Crippen LogP) is 0.975. The molecule has 0 unspecified atom stereocenters. The molecule has 1 aromatic heterocycles. The number of fused-ring (bicyclic) bond motifs is 4. The van der Waals surface area contributed by atoms with Crippen molar-refractivity contribution >= 4 is 23.4 Å².